The van der Waals surface area contributed by atoms with Crippen LogP contribution in [-0.4, -0.2) is 29.3 Å². The van der Waals surface area contributed by atoms with Crippen LogP contribution in [0.4, 0.5) is 0 Å². The van der Waals surface area contributed by atoms with Crippen molar-refractivity contribution in [2.24, 2.45) is 0 Å². The zero-order valence-electron chi connectivity index (χ0n) is 13.6. The van der Waals surface area contributed by atoms with E-state index in [1.165, 1.54) is 16.7 Å². The van der Waals surface area contributed by atoms with Crippen molar-refractivity contribution in [3.8, 4) is 22.1 Å². The number of benzene rings is 2. The van der Waals surface area contributed by atoms with Gasteiger partial charge in [0.15, 0.2) is 5.69 Å². The van der Waals surface area contributed by atoms with Crippen molar-refractivity contribution < 1.29 is 19.4 Å². The molecular weight excluding hydrogens is 338 g/mol. The molecule has 0 amide bonds. The summed E-state index contributed by atoms with van der Waals surface area (Å²) in [6.07, 6.45) is 0. The summed E-state index contributed by atoms with van der Waals surface area (Å²) in [7, 11) is 0. The smallest absolute Gasteiger partial charge is 0.355 e. The van der Waals surface area contributed by atoms with Gasteiger partial charge in [0.2, 0.25) is 0 Å². The van der Waals surface area contributed by atoms with Crippen LogP contribution in [0, 0.1) is 6.92 Å². The normalized spacial score (nSPS) is 10.4. The van der Waals surface area contributed by atoms with Crippen molar-refractivity contribution in [3.63, 3.8) is 0 Å². The predicted octanol–water partition coefficient (Wildman–Crippen LogP) is 4.27. The number of aromatic carboxylic acids is 1. The Labute approximate surface area is 149 Å². The van der Waals surface area contributed by atoms with E-state index in [-0.39, 0.29) is 5.69 Å². The van der Waals surface area contributed by atoms with Gasteiger partial charge in [-0.25, -0.2) is 9.78 Å². The van der Waals surface area contributed by atoms with Crippen LogP contribution in [0.1, 0.15) is 16.1 Å². The lowest BCUT2D eigenvalue weighted by atomic mass is 10.2. The summed E-state index contributed by atoms with van der Waals surface area (Å²) < 4.78 is 11.5. The van der Waals surface area contributed by atoms with Gasteiger partial charge in [0.1, 0.15) is 29.7 Å². The lowest BCUT2D eigenvalue weighted by Crippen LogP contribution is -2.10. The van der Waals surface area contributed by atoms with Gasteiger partial charge in [-0.1, -0.05) is 30.3 Å². The highest BCUT2D eigenvalue weighted by Gasteiger charge is 2.13. The first-order chi connectivity index (χ1) is 12.1. The molecule has 0 aliphatic heterocycles. The molecule has 0 saturated carbocycles. The molecule has 0 aliphatic carbocycles. The minimum atomic E-state index is -1.03. The van der Waals surface area contributed by atoms with Gasteiger partial charge in [0, 0.05) is 5.38 Å². The molecule has 3 aromatic rings. The van der Waals surface area contributed by atoms with Crippen LogP contribution in [0.2, 0.25) is 0 Å². The molecule has 0 fully saturated rings. The molecule has 5 nitrogen and oxygen atoms in total. The van der Waals surface area contributed by atoms with E-state index in [4.69, 9.17) is 14.6 Å². The fourth-order valence-electron chi connectivity index (χ4n) is 2.29. The Morgan fingerprint density at radius 2 is 1.68 bits per heavy atom. The fourth-order valence-corrected chi connectivity index (χ4v) is 3.11. The maximum absolute atomic E-state index is 11.0. The van der Waals surface area contributed by atoms with Gasteiger partial charge in [0.25, 0.3) is 0 Å². The molecule has 25 heavy (non-hydrogen) atoms. The third-order valence-corrected chi connectivity index (χ3v) is 4.41. The van der Waals surface area contributed by atoms with Crippen molar-refractivity contribution in [1.29, 1.82) is 0 Å². The molecule has 1 aromatic heterocycles. The molecule has 1 heterocycles. The van der Waals surface area contributed by atoms with E-state index in [0.29, 0.717) is 24.0 Å². The Kier molecular flexibility index (Phi) is 5.30. The number of ether oxygens (including phenoxy) is 2. The van der Waals surface area contributed by atoms with Crippen LogP contribution in [0.15, 0.2) is 53.9 Å². The molecule has 128 valence electrons. The van der Waals surface area contributed by atoms with E-state index in [9.17, 15) is 4.79 Å². The van der Waals surface area contributed by atoms with Gasteiger partial charge < -0.3 is 14.6 Å². The van der Waals surface area contributed by atoms with Crippen LogP contribution >= 0.6 is 11.3 Å². The fraction of sp³-hybridized carbons (Fsp3) is 0.158. The highest BCUT2D eigenvalue weighted by atomic mass is 32.1. The molecular formula is C19H17NO4S. The van der Waals surface area contributed by atoms with Gasteiger partial charge in [-0.2, -0.15) is 0 Å². The summed E-state index contributed by atoms with van der Waals surface area (Å²) >= 11 is 1.28. The second-order valence-corrected chi connectivity index (χ2v) is 6.16. The van der Waals surface area contributed by atoms with Crippen molar-refractivity contribution >= 4 is 17.3 Å². The Bertz CT molecular complexity index is 875. The highest BCUT2D eigenvalue weighted by Crippen LogP contribution is 2.32. The predicted molar refractivity (Wildman–Crippen MR) is 96.7 cm³/mol. The van der Waals surface area contributed by atoms with Crippen molar-refractivity contribution in [1.82, 2.24) is 4.98 Å². The van der Waals surface area contributed by atoms with E-state index in [0.717, 1.165) is 16.9 Å². The first-order valence-corrected chi connectivity index (χ1v) is 8.62. The first kappa shape index (κ1) is 17.0. The standard InChI is InChI=1S/C19H17NO4S/c1-13-6-2-4-8-16(13)23-10-11-24-17-9-5-3-7-14(17)18-20-15(12-25-18)19(21)22/h2-9,12H,10-11H2,1H3,(H,21,22). The van der Waals surface area contributed by atoms with Crippen molar-refractivity contribution in [3.05, 3.63) is 65.2 Å². The summed E-state index contributed by atoms with van der Waals surface area (Å²) in [6.45, 7) is 2.79. The third kappa shape index (κ3) is 4.16. The Balaban J connectivity index is 1.65. The molecule has 1 N–H and O–H groups in total. The number of aryl methyl sites for hydroxylation is 1. The second-order valence-electron chi connectivity index (χ2n) is 5.30. The van der Waals surface area contributed by atoms with Gasteiger partial charge in [-0.05, 0) is 30.7 Å². The Morgan fingerprint density at radius 3 is 2.36 bits per heavy atom. The molecule has 3 rings (SSSR count). The molecule has 0 unspecified atom stereocenters. The summed E-state index contributed by atoms with van der Waals surface area (Å²) in [4.78, 5) is 15.1. The second kappa shape index (κ2) is 7.81. The summed E-state index contributed by atoms with van der Waals surface area (Å²) in [5, 5.41) is 11.2. The molecule has 0 bridgehead atoms. The monoisotopic (exact) mass is 355 g/mol. The molecule has 2 aromatic carbocycles. The Morgan fingerprint density at radius 1 is 1.04 bits per heavy atom. The van der Waals surface area contributed by atoms with Crippen LogP contribution < -0.4 is 9.47 Å². The quantitative estimate of drug-likeness (QED) is 0.641. The van der Waals surface area contributed by atoms with E-state index in [1.807, 2.05) is 55.5 Å². The molecule has 0 aliphatic rings. The van der Waals surface area contributed by atoms with Crippen LogP contribution in [0.25, 0.3) is 10.6 Å². The van der Waals surface area contributed by atoms with Gasteiger partial charge in [-0.15, -0.1) is 11.3 Å². The number of rotatable bonds is 7. The average Bonchev–Trinajstić information content (AvgIpc) is 3.11. The van der Waals surface area contributed by atoms with E-state index < -0.39 is 5.97 Å². The molecule has 0 spiro atoms. The number of carboxylic acid groups (broad SMARTS) is 1. The topological polar surface area (TPSA) is 68.7 Å². The molecule has 0 atom stereocenters. The molecule has 6 heteroatoms. The van der Waals surface area contributed by atoms with E-state index in [2.05, 4.69) is 4.98 Å². The number of hydrogen-bond donors (Lipinski definition) is 1. The number of carbonyl (C=O) groups is 1. The zero-order chi connectivity index (χ0) is 17.6. The molecule has 0 radical (unpaired) electrons. The van der Waals surface area contributed by atoms with Crippen molar-refractivity contribution in [2.45, 2.75) is 6.92 Å². The number of thiazole rings is 1. The van der Waals surface area contributed by atoms with Crippen LogP contribution in [-0.2, 0) is 0 Å². The lowest BCUT2D eigenvalue weighted by Gasteiger charge is -2.12. The first-order valence-electron chi connectivity index (χ1n) is 7.74. The van der Waals surface area contributed by atoms with Crippen molar-refractivity contribution in [2.75, 3.05) is 13.2 Å². The number of carboxylic acids is 1. The van der Waals surface area contributed by atoms with Gasteiger partial charge in [0.05, 0.1) is 5.56 Å². The molecule has 0 saturated heterocycles. The maximum atomic E-state index is 11.0. The minimum Gasteiger partial charge on any atom is -0.490 e. The largest absolute Gasteiger partial charge is 0.490 e. The number of hydrogen-bond acceptors (Lipinski definition) is 5. The van der Waals surface area contributed by atoms with Crippen LogP contribution in [0.5, 0.6) is 11.5 Å². The highest BCUT2D eigenvalue weighted by molar-refractivity contribution is 7.13. The van der Waals surface area contributed by atoms with Gasteiger partial charge >= 0.3 is 5.97 Å². The number of nitrogens with zero attached hydrogens (tertiary/aromatic N) is 1. The lowest BCUT2D eigenvalue weighted by molar-refractivity contribution is 0.0691. The van der Waals surface area contributed by atoms with E-state index >= 15 is 0 Å². The Hall–Kier alpha value is -2.86. The summed E-state index contributed by atoms with van der Waals surface area (Å²) in [5.41, 5.74) is 1.89. The summed E-state index contributed by atoms with van der Waals surface area (Å²) in [6, 6.07) is 15.3. The number of para-hydroxylation sites is 2. The third-order valence-electron chi connectivity index (χ3n) is 3.53. The summed E-state index contributed by atoms with van der Waals surface area (Å²) in [5.74, 6) is 0.458. The van der Waals surface area contributed by atoms with E-state index in [1.54, 1.807) is 0 Å². The van der Waals surface area contributed by atoms with Gasteiger partial charge in [-0.3, -0.25) is 0 Å². The average molecular weight is 355 g/mol. The minimum absolute atomic E-state index is 0.0395. The number of aromatic nitrogens is 1. The SMILES string of the molecule is Cc1ccccc1OCCOc1ccccc1-c1nc(C(=O)O)cs1. The van der Waals surface area contributed by atoms with Crippen LogP contribution in [0.3, 0.4) is 0 Å². The maximum Gasteiger partial charge on any atom is 0.355 e. The zero-order valence-corrected chi connectivity index (χ0v) is 14.5.